The largest absolute Gasteiger partial charge is 0.357 e. The van der Waals surface area contributed by atoms with Crippen molar-refractivity contribution in [2.45, 2.75) is 32.1 Å². The molecule has 0 spiro atoms. The van der Waals surface area contributed by atoms with Crippen molar-refractivity contribution in [3.8, 4) is 0 Å². The summed E-state index contributed by atoms with van der Waals surface area (Å²) in [5.41, 5.74) is 1.87. The van der Waals surface area contributed by atoms with E-state index < -0.39 is 9.84 Å². The summed E-state index contributed by atoms with van der Waals surface area (Å²) in [5, 5.41) is 6.58. The van der Waals surface area contributed by atoms with Gasteiger partial charge >= 0.3 is 0 Å². The molecule has 136 valence electrons. The summed E-state index contributed by atoms with van der Waals surface area (Å²) in [4.78, 5) is 4.58. The molecule has 0 fully saturated rings. The standard InChI is InChI=1S/C17H29N3O2S2/c1-4-18-17(19-11-5-6-12-23-2)20-13-15-7-9-16(10-8-15)14-24(3,21)22/h7-10H,4-6,11-14H2,1-3H3,(H2,18,19,20). The summed E-state index contributed by atoms with van der Waals surface area (Å²) in [5.74, 6) is 2.09. The molecular weight excluding hydrogens is 342 g/mol. The second-order valence-electron chi connectivity index (χ2n) is 5.71. The first-order valence-electron chi connectivity index (χ1n) is 8.21. The maximum atomic E-state index is 11.3. The highest BCUT2D eigenvalue weighted by Gasteiger charge is 2.04. The third kappa shape index (κ3) is 9.82. The number of nitrogens with one attached hydrogen (secondary N) is 2. The van der Waals surface area contributed by atoms with Gasteiger partial charge in [-0.2, -0.15) is 11.8 Å². The van der Waals surface area contributed by atoms with Crippen molar-refractivity contribution in [1.29, 1.82) is 0 Å². The Bertz CT molecular complexity index is 599. The SMILES string of the molecule is CCNC(=NCc1ccc(CS(C)(=O)=O)cc1)NCCCCSC. The van der Waals surface area contributed by atoms with Crippen LogP contribution in [-0.4, -0.2) is 45.7 Å². The molecule has 0 aliphatic heterocycles. The minimum absolute atomic E-state index is 0.0801. The van der Waals surface area contributed by atoms with Gasteiger partial charge in [0.25, 0.3) is 0 Å². The number of guanidine groups is 1. The maximum absolute atomic E-state index is 11.3. The maximum Gasteiger partial charge on any atom is 0.191 e. The van der Waals surface area contributed by atoms with E-state index in [1.54, 1.807) is 0 Å². The zero-order valence-electron chi connectivity index (χ0n) is 14.8. The fourth-order valence-electron chi connectivity index (χ4n) is 2.13. The minimum atomic E-state index is -2.99. The van der Waals surface area contributed by atoms with Crippen LogP contribution in [0.3, 0.4) is 0 Å². The Kier molecular flexibility index (Phi) is 9.86. The van der Waals surface area contributed by atoms with Crippen LogP contribution in [0.2, 0.25) is 0 Å². The first kappa shape index (κ1) is 20.8. The minimum Gasteiger partial charge on any atom is -0.357 e. The first-order valence-corrected chi connectivity index (χ1v) is 11.7. The van der Waals surface area contributed by atoms with E-state index in [0.29, 0.717) is 6.54 Å². The van der Waals surface area contributed by atoms with E-state index in [2.05, 4.69) is 21.9 Å². The van der Waals surface area contributed by atoms with Crippen molar-refractivity contribution in [1.82, 2.24) is 10.6 Å². The summed E-state index contributed by atoms with van der Waals surface area (Å²) >= 11 is 1.87. The van der Waals surface area contributed by atoms with Crippen molar-refractivity contribution < 1.29 is 8.42 Å². The molecule has 0 unspecified atom stereocenters. The van der Waals surface area contributed by atoms with Crippen LogP contribution in [0, 0.1) is 0 Å². The molecule has 1 aromatic rings. The number of sulfone groups is 1. The van der Waals surface area contributed by atoms with Gasteiger partial charge < -0.3 is 10.6 Å². The Morgan fingerprint density at radius 2 is 1.79 bits per heavy atom. The van der Waals surface area contributed by atoms with Crippen LogP contribution in [0.1, 0.15) is 30.9 Å². The first-order chi connectivity index (χ1) is 11.4. The Balaban J connectivity index is 2.52. The van der Waals surface area contributed by atoms with E-state index in [4.69, 9.17) is 0 Å². The predicted octanol–water partition coefficient (Wildman–Crippen LogP) is 2.43. The van der Waals surface area contributed by atoms with Gasteiger partial charge in [0.15, 0.2) is 15.8 Å². The normalized spacial score (nSPS) is 12.2. The van der Waals surface area contributed by atoms with Crippen LogP contribution in [0.15, 0.2) is 29.3 Å². The van der Waals surface area contributed by atoms with Gasteiger partial charge in [-0.05, 0) is 42.9 Å². The number of benzene rings is 1. The average Bonchev–Trinajstić information content (AvgIpc) is 2.52. The molecule has 1 aromatic carbocycles. The van der Waals surface area contributed by atoms with Crippen LogP contribution in [0.5, 0.6) is 0 Å². The number of hydrogen-bond donors (Lipinski definition) is 2. The quantitative estimate of drug-likeness (QED) is 0.375. The molecule has 0 heterocycles. The van der Waals surface area contributed by atoms with Crippen molar-refractivity contribution in [2.75, 3.05) is 31.4 Å². The average molecular weight is 372 g/mol. The highest BCUT2D eigenvalue weighted by atomic mass is 32.2. The Hall–Kier alpha value is -1.21. The molecule has 1 rings (SSSR count). The molecule has 24 heavy (non-hydrogen) atoms. The van der Waals surface area contributed by atoms with Crippen LogP contribution >= 0.6 is 11.8 Å². The van der Waals surface area contributed by atoms with Gasteiger partial charge in [-0.15, -0.1) is 0 Å². The zero-order valence-corrected chi connectivity index (χ0v) is 16.5. The van der Waals surface area contributed by atoms with Crippen molar-refractivity contribution >= 4 is 27.6 Å². The van der Waals surface area contributed by atoms with Crippen LogP contribution in [0.25, 0.3) is 0 Å². The molecule has 0 saturated carbocycles. The molecule has 0 radical (unpaired) electrons. The van der Waals surface area contributed by atoms with Crippen molar-refractivity contribution in [2.24, 2.45) is 4.99 Å². The van der Waals surface area contributed by atoms with Gasteiger partial charge in [0.1, 0.15) is 0 Å². The van der Waals surface area contributed by atoms with Gasteiger partial charge in [-0.25, -0.2) is 13.4 Å². The zero-order chi connectivity index (χ0) is 17.8. The second kappa shape index (κ2) is 11.4. The number of nitrogens with zero attached hydrogens (tertiary/aromatic N) is 1. The van der Waals surface area contributed by atoms with Gasteiger partial charge in [0.05, 0.1) is 12.3 Å². The van der Waals surface area contributed by atoms with E-state index >= 15 is 0 Å². The molecule has 7 heteroatoms. The summed E-state index contributed by atoms with van der Waals surface area (Å²) in [6, 6.07) is 7.58. The Morgan fingerprint density at radius 3 is 2.38 bits per heavy atom. The molecule has 0 amide bonds. The second-order valence-corrected chi connectivity index (χ2v) is 8.83. The molecule has 0 aliphatic carbocycles. The summed E-state index contributed by atoms with van der Waals surface area (Å²) in [6.45, 7) is 4.35. The van der Waals surface area contributed by atoms with E-state index in [1.807, 2.05) is 43.0 Å². The smallest absolute Gasteiger partial charge is 0.191 e. The summed E-state index contributed by atoms with van der Waals surface area (Å²) in [7, 11) is -2.99. The third-order valence-electron chi connectivity index (χ3n) is 3.28. The molecule has 5 nitrogen and oxygen atoms in total. The Labute approximate surface area is 150 Å². The lowest BCUT2D eigenvalue weighted by molar-refractivity contribution is 0.601. The fraction of sp³-hybridized carbons (Fsp3) is 0.588. The fourth-order valence-corrected chi connectivity index (χ4v) is 3.42. The van der Waals surface area contributed by atoms with E-state index in [0.717, 1.165) is 36.6 Å². The summed E-state index contributed by atoms with van der Waals surface area (Å²) < 4.78 is 22.6. The lowest BCUT2D eigenvalue weighted by atomic mass is 10.1. The van der Waals surface area contributed by atoms with Gasteiger partial charge in [0.2, 0.25) is 0 Å². The number of hydrogen-bond acceptors (Lipinski definition) is 4. The third-order valence-corrected chi connectivity index (χ3v) is 4.84. The lowest BCUT2D eigenvalue weighted by Crippen LogP contribution is -2.37. The van der Waals surface area contributed by atoms with Crippen LogP contribution in [-0.2, 0) is 22.1 Å². The number of unbranched alkanes of at least 4 members (excludes halogenated alkanes) is 1. The monoisotopic (exact) mass is 371 g/mol. The molecule has 0 saturated heterocycles. The molecule has 0 aromatic heterocycles. The molecule has 0 bridgehead atoms. The summed E-state index contributed by atoms with van der Waals surface area (Å²) in [6.07, 6.45) is 5.71. The van der Waals surface area contributed by atoms with E-state index in [9.17, 15) is 8.42 Å². The number of aliphatic imine (C=N–C) groups is 1. The van der Waals surface area contributed by atoms with E-state index in [1.165, 1.54) is 18.4 Å². The highest BCUT2D eigenvalue weighted by Crippen LogP contribution is 2.08. The van der Waals surface area contributed by atoms with Crippen LogP contribution in [0.4, 0.5) is 0 Å². The predicted molar refractivity (Wildman–Crippen MR) is 105 cm³/mol. The molecule has 2 N–H and O–H groups in total. The number of rotatable bonds is 10. The van der Waals surface area contributed by atoms with Crippen LogP contribution < -0.4 is 10.6 Å². The van der Waals surface area contributed by atoms with Gasteiger partial charge in [-0.1, -0.05) is 24.3 Å². The van der Waals surface area contributed by atoms with Gasteiger partial charge in [-0.3, -0.25) is 0 Å². The number of thioether (sulfide) groups is 1. The molecule has 0 aliphatic rings. The highest BCUT2D eigenvalue weighted by molar-refractivity contribution is 7.98. The van der Waals surface area contributed by atoms with Crippen molar-refractivity contribution in [3.05, 3.63) is 35.4 Å². The molecule has 0 atom stereocenters. The van der Waals surface area contributed by atoms with Crippen molar-refractivity contribution in [3.63, 3.8) is 0 Å². The molecular formula is C17H29N3O2S2. The lowest BCUT2D eigenvalue weighted by Gasteiger charge is -2.11. The Morgan fingerprint density at radius 1 is 1.12 bits per heavy atom. The van der Waals surface area contributed by atoms with E-state index in [-0.39, 0.29) is 5.75 Å². The topological polar surface area (TPSA) is 70.6 Å². The van der Waals surface area contributed by atoms with Gasteiger partial charge in [0, 0.05) is 19.3 Å².